The molecule has 1 atom stereocenters. The quantitative estimate of drug-likeness (QED) is 0.892. The van der Waals surface area contributed by atoms with E-state index in [0.29, 0.717) is 18.0 Å². The van der Waals surface area contributed by atoms with Crippen molar-refractivity contribution in [3.63, 3.8) is 0 Å². The van der Waals surface area contributed by atoms with Crippen LogP contribution in [-0.4, -0.2) is 25.3 Å². The van der Waals surface area contributed by atoms with Crippen LogP contribution in [0.4, 0.5) is 0 Å². The van der Waals surface area contributed by atoms with E-state index in [4.69, 9.17) is 16.3 Å². The van der Waals surface area contributed by atoms with Crippen LogP contribution in [0.15, 0.2) is 24.3 Å². The van der Waals surface area contributed by atoms with Gasteiger partial charge in [0.05, 0.1) is 6.61 Å². The normalized spacial score (nSPS) is 32.4. The van der Waals surface area contributed by atoms with Crippen LogP contribution in [0.2, 0.25) is 5.02 Å². The Morgan fingerprint density at radius 3 is 2.71 bits per heavy atom. The molecule has 1 aliphatic carbocycles. The molecule has 0 aromatic heterocycles. The number of hydrogen-bond donors (Lipinski definition) is 1. The smallest absolute Gasteiger partial charge is 0.0620 e. The van der Waals surface area contributed by atoms with Gasteiger partial charge in [0, 0.05) is 23.7 Å². The SMILES string of the molecule is Clc1ccccc1C1CC(NC2CCOC2)C1. The Morgan fingerprint density at radius 1 is 1.18 bits per heavy atom. The summed E-state index contributed by atoms with van der Waals surface area (Å²) in [5.41, 5.74) is 1.31. The second-order valence-electron chi connectivity index (χ2n) is 5.11. The monoisotopic (exact) mass is 251 g/mol. The molecule has 1 N–H and O–H groups in total. The molecule has 3 rings (SSSR count). The standard InChI is InChI=1S/C14H18ClNO/c15-14-4-2-1-3-13(14)10-7-12(8-10)16-11-5-6-17-9-11/h1-4,10-12,16H,5-9H2. The Balaban J connectivity index is 1.52. The van der Waals surface area contributed by atoms with E-state index in [1.807, 2.05) is 12.1 Å². The van der Waals surface area contributed by atoms with Crippen molar-refractivity contribution in [2.24, 2.45) is 0 Å². The molecule has 2 aliphatic rings. The van der Waals surface area contributed by atoms with E-state index in [2.05, 4.69) is 17.4 Å². The molecule has 1 saturated heterocycles. The molecule has 1 saturated carbocycles. The van der Waals surface area contributed by atoms with Gasteiger partial charge in [-0.25, -0.2) is 0 Å². The Bertz CT molecular complexity index is 384. The minimum atomic E-state index is 0.576. The maximum Gasteiger partial charge on any atom is 0.0620 e. The van der Waals surface area contributed by atoms with Crippen LogP contribution in [0.1, 0.15) is 30.7 Å². The van der Waals surface area contributed by atoms with Gasteiger partial charge in [-0.1, -0.05) is 29.8 Å². The number of benzene rings is 1. The molecule has 1 heterocycles. The Hall–Kier alpha value is -0.570. The third kappa shape index (κ3) is 2.49. The predicted octanol–water partition coefficient (Wildman–Crippen LogP) is 2.96. The molecule has 1 unspecified atom stereocenters. The molecule has 0 spiro atoms. The highest BCUT2D eigenvalue weighted by molar-refractivity contribution is 6.31. The molecule has 92 valence electrons. The molecule has 17 heavy (non-hydrogen) atoms. The van der Waals surface area contributed by atoms with Gasteiger partial charge in [-0.3, -0.25) is 0 Å². The van der Waals surface area contributed by atoms with E-state index in [-0.39, 0.29) is 0 Å². The highest BCUT2D eigenvalue weighted by Crippen LogP contribution is 2.40. The lowest BCUT2D eigenvalue weighted by molar-refractivity contribution is 0.180. The fourth-order valence-electron chi connectivity index (χ4n) is 2.81. The fourth-order valence-corrected chi connectivity index (χ4v) is 3.10. The summed E-state index contributed by atoms with van der Waals surface area (Å²) in [6.07, 6.45) is 3.58. The van der Waals surface area contributed by atoms with Crippen molar-refractivity contribution < 1.29 is 4.74 Å². The lowest BCUT2D eigenvalue weighted by Crippen LogP contribution is -2.45. The first-order chi connectivity index (χ1) is 8.33. The van der Waals surface area contributed by atoms with Crippen LogP contribution < -0.4 is 5.32 Å². The highest BCUT2D eigenvalue weighted by Gasteiger charge is 2.33. The molecule has 0 amide bonds. The second kappa shape index (κ2) is 4.97. The van der Waals surface area contributed by atoms with Crippen molar-refractivity contribution in [1.82, 2.24) is 5.32 Å². The second-order valence-corrected chi connectivity index (χ2v) is 5.52. The van der Waals surface area contributed by atoms with Crippen LogP contribution in [-0.2, 0) is 4.74 Å². The van der Waals surface area contributed by atoms with Gasteiger partial charge < -0.3 is 10.1 Å². The molecule has 3 heteroatoms. The van der Waals surface area contributed by atoms with Crippen molar-refractivity contribution in [1.29, 1.82) is 0 Å². The van der Waals surface area contributed by atoms with Gasteiger partial charge in [0.15, 0.2) is 0 Å². The summed E-state index contributed by atoms with van der Waals surface area (Å²) in [7, 11) is 0. The van der Waals surface area contributed by atoms with E-state index < -0.39 is 0 Å². The molecule has 0 bridgehead atoms. The van der Waals surface area contributed by atoms with Crippen LogP contribution in [0.3, 0.4) is 0 Å². The Morgan fingerprint density at radius 2 is 2.00 bits per heavy atom. The molecule has 1 aliphatic heterocycles. The van der Waals surface area contributed by atoms with Crippen molar-refractivity contribution in [3.05, 3.63) is 34.9 Å². The summed E-state index contributed by atoms with van der Waals surface area (Å²) in [4.78, 5) is 0. The van der Waals surface area contributed by atoms with E-state index >= 15 is 0 Å². The van der Waals surface area contributed by atoms with Gasteiger partial charge in [0.25, 0.3) is 0 Å². The Labute approximate surface area is 107 Å². The lowest BCUT2D eigenvalue weighted by atomic mass is 9.75. The molecule has 2 fully saturated rings. The first-order valence-corrected chi connectivity index (χ1v) is 6.79. The van der Waals surface area contributed by atoms with Gasteiger partial charge in [-0.2, -0.15) is 0 Å². The van der Waals surface area contributed by atoms with E-state index in [9.17, 15) is 0 Å². The largest absolute Gasteiger partial charge is 0.380 e. The third-order valence-electron chi connectivity index (χ3n) is 3.88. The zero-order chi connectivity index (χ0) is 11.7. The zero-order valence-electron chi connectivity index (χ0n) is 9.86. The van der Waals surface area contributed by atoms with Crippen LogP contribution in [0.5, 0.6) is 0 Å². The summed E-state index contributed by atoms with van der Waals surface area (Å²) >= 11 is 6.21. The Kier molecular flexibility index (Phi) is 3.37. The van der Waals surface area contributed by atoms with Gasteiger partial charge in [0.2, 0.25) is 0 Å². The fraction of sp³-hybridized carbons (Fsp3) is 0.571. The first-order valence-electron chi connectivity index (χ1n) is 6.41. The molecule has 2 nitrogen and oxygen atoms in total. The minimum Gasteiger partial charge on any atom is -0.380 e. The number of nitrogens with one attached hydrogen (secondary N) is 1. The molecule has 1 aromatic rings. The number of rotatable bonds is 3. The van der Waals surface area contributed by atoms with Crippen LogP contribution in [0, 0.1) is 0 Å². The lowest BCUT2D eigenvalue weighted by Gasteiger charge is -2.38. The third-order valence-corrected chi connectivity index (χ3v) is 4.23. The van der Waals surface area contributed by atoms with Crippen LogP contribution in [0.25, 0.3) is 0 Å². The molecular weight excluding hydrogens is 234 g/mol. The summed E-state index contributed by atoms with van der Waals surface area (Å²) < 4.78 is 5.37. The number of hydrogen-bond acceptors (Lipinski definition) is 2. The van der Waals surface area contributed by atoms with E-state index in [0.717, 1.165) is 24.7 Å². The first kappa shape index (κ1) is 11.5. The number of ether oxygens (including phenoxy) is 1. The van der Waals surface area contributed by atoms with Crippen molar-refractivity contribution in [2.75, 3.05) is 13.2 Å². The molecular formula is C14H18ClNO. The van der Waals surface area contributed by atoms with Gasteiger partial charge in [-0.05, 0) is 36.8 Å². The predicted molar refractivity (Wildman–Crippen MR) is 69.6 cm³/mol. The summed E-state index contributed by atoms with van der Waals surface area (Å²) in [6.45, 7) is 1.80. The minimum absolute atomic E-state index is 0.576. The topological polar surface area (TPSA) is 21.3 Å². The van der Waals surface area contributed by atoms with E-state index in [1.165, 1.54) is 18.4 Å². The summed E-state index contributed by atoms with van der Waals surface area (Å²) in [5, 5.41) is 4.58. The maximum atomic E-state index is 6.21. The maximum absolute atomic E-state index is 6.21. The molecule has 0 radical (unpaired) electrons. The van der Waals surface area contributed by atoms with Crippen molar-refractivity contribution in [3.8, 4) is 0 Å². The summed E-state index contributed by atoms with van der Waals surface area (Å²) in [5.74, 6) is 0.642. The van der Waals surface area contributed by atoms with Crippen molar-refractivity contribution in [2.45, 2.75) is 37.3 Å². The van der Waals surface area contributed by atoms with E-state index in [1.54, 1.807) is 0 Å². The molecule has 1 aromatic carbocycles. The highest BCUT2D eigenvalue weighted by atomic mass is 35.5. The summed E-state index contributed by atoms with van der Waals surface area (Å²) in [6, 6.07) is 9.45. The van der Waals surface area contributed by atoms with Crippen LogP contribution >= 0.6 is 11.6 Å². The average molecular weight is 252 g/mol. The zero-order valence-corrected chi connectivity index (χ0v) is 10.6. The van der Waals surface area contributed by atoms with Gasteiger partial charge >= 0.3 is 0 Å². The van der Waals surface area contributed by atoms with Gasteiger partial charge in [-0.15, -0.1) is 0 Å². The number of halogens is 1. The van der Waals surface area contributed by atoms with Gasteiger partial charge in [0.1, 0.15) is 0 Å². The average Bonchev–Trinajstić information content (AvgIpc) is 2.77. The van der Waals surface area contributed by atoms with Crippen molar-refractivity contribution >= 4 is 11.6 Å².